The van der Waals surface area contributed by atoms with Crippen LogP contribution in [-0.4, -0.2) is 32.8 Å². The Hall–Kier alpha value is -2.73. The highest BCUT2D eigenvalue weighted by Crippen LogP contribution is 2.33. The van der Waals surface area contributed by atoms with Gasteiger partial charge in [-0.15, -0.1) is 0 Å². The molecule has 148 valence electrons. The quantitative estimate of drug-likeness (QED) is 0.604. The highest BCUT2D eigenvalue weighted by atomic mass is 16.5. The predicted octanol–water partition coefficient (Wildman–Crippen LogP) is 4.07. The lowest BCUT2D eigenvalue weighted by Gasteiger charge is -2.17. The van der Waals surface area contributed by atoms with Crippen LogP contribution in [0.2, 0.25) is 0 Å². The number of aromatic nitrogens is 3. The Morgan fingerprint density at radius 3 is 2.71 bits per heavy atom. The van der Waals surface area contributed by atoms with Crippen molar-refractivity contribution in [2.75, 3.05) is 7.11 Å². The minimum atomic E-state index is -0.783. The molecule has 3 aromatic rings. The van der Waals surface area contributed by atoms with Gasteiger partial charge in [-0.1, -0.05) is 13.8 Å². The van der Waals surface area contributed by atoms with Crippen molar-refractivity contribution in [3.8, 4) is 11.1 Å². The van der Waals surface area contributed by atoms with E-state index in [1.807, 2.05) is 16.9 Å². The van der Waals surface area contributed by atoms with Crippen LogP contribution in [0.5, 0.6) is 0 Å². The fourth-order valence-corrected chi connectivity index (χ4v) is 3.60. The fourth-order valence-electron chi connectivity index (χ4n) is 3.60. The Bertz CT molecular complexity index is 979. The highest BCUT2D eigenvalue weighted by Gasteiger charge is 2.19. The summed E-state index contributed by atoms with van der Waals surface area (Å²) in [6.45, 7) is 4.60. The van der Waals surface area contributed by atoms with E-state index in [1.54, 1.807) is 7.11 Å². The average molecular weight is 381 g/mol. The predicted molar refractivity (Wildman–Crippen MR) is 108 cm³/mol. The second-order valence-corrected chi connectivity index (χ2v) is 6.89. The standard InChI is InChI=1S/C22H27N3O3/c1-4-15-11-16(13-23-12-15)22-18(7-6-8-21(26)27)19(14-28-3)24-25-17(5-2)9-10-20(22)25/h9-13H,4-8,14H2,1-3H3,(H,26,27). The van der Waals surface area contributed by atoms with Gasteiger partial charge in [0.2, 0.25) is 0 Å². The van der Waals surface area contributed by atoms with Crippen molar-refractivity contribution in [2.45, 2.75) is 52.6 Å². The summed E-state index contributed by atoms with van der Waals surface area (Å²) in [6.07, 6.45) is 6.86. The molecule has 0 aromatic carbocycles. The number of hydrogen-bond acceptors (Lipinski definition) is 4. The third-order valence-corrected chi connectivity index (χ3v) is 5.01. The molecule has 3 heterocycles. The van der Waals surface area contributed by atoms with Crippen LogP contribution in [0.3, 0.4) is 0 Å². The molecule has 28 heavy (non-hydrogen) atoms. The van der Waals surface area contributed by atoms with Crippen LogP contribution >= 0.6 is 0 Å². The zero-order valence-corrected chi connectivity index (χ0v) is 16.7. The van der Waals surface area contributed by atoms with Crippen molar-refractivity contribution in [2.24, 2.45) is 0 Å². The number of pyridine rings is 1. The number of methoxy groups -OCH3 is 1. The van der Waals surface area contributed by atoms with E-state index in [-0.39, 0.29) is 6.42 Å². The van der Waals surface area contributed by atoms with Gasteiger partial charge >= 0.3 is 5.97 Å². The van der Waals surface area contributed by atoms with E-state index in [2.05, 4.69) is 37.0 Å². The number of aryl methyl sites for hydroxylation is 2. The first kappa shape index (κ1) is 20.0. The Morgan fingerprint density at radius 2 is 2.04 bits per heavy atom. The molecule has 0 aliphatic heterocycles. The summed E-state index contributed by atoms with van der Waals surface area (Å²) in [7, 11) is 1.65. The van der Waals surface area contributed by atoms with Crippen LogP contribution in [0.25, 0.3) is 16.6 Å². The maximum Gasteiger partial charge on any atom is 0.303 e. The lowest BCUT2D eigenvalue weighted by Crippen LogP contribution is -2.10. The number of nitrogens with zero attached hydrogens (tertiary/aromatic N) is 3. The number of carboxylic acids is 1. The van der Waals surface area contributed by atoms with Crippen molar-refractivity contribution in [3.63, 3.8) is 0 Å². The van der Waals surface area contributed by atoms with E-state index in [9.17, 15) is 4.79 Å². The topological polar surface area (TPSA) is 76.7 Å². The zero-order chi connectivity index (χ0) is 20.1. The number of rotatable bonds is 9. The van der Waals surface area contributed by atoms with Gasteiger partial charge in [0.25, 0.3) is 0 Å². The van der Waals surface area contributed by atoms with Gasteiger partial charge in [0.15, 0.2) is 0 Å². The van der Waals surface area contributed by atoms with E-state index in [0.717, 1.165) is 46.4 Å². The Labute approximate surface area is 165 Å². The van der Waals surface area contributed by atoms with Crippen molar-refractivity contribution in [1.29, 1.82) is 0 Å². The number of carboxylic acid groups (broad SMARTS) is 1. The minimum absolute atomic E-state index is 0.130. The summed E-state index contributed by atoms with van der Waals surface area (Å²) in [6, 6.07) is 6.36. The van der Waals surface area contributed by atoms with Crippen LogP contribution in [0, 0.1) is 0 Å². The van der Waals surface area contributed by atoms with Gasteiger partial charge in [-0.3, -0.25) is 9.78 Å². The summed E-state index contributed by atoms with van der Waals surface area (Å²) in [4.78, 5) is 15.5. The lowest BCUT2D eigenvalue weighted by atomic mass is 9.94. The van der Waals surface area contributed by atoms with E-state index >= 15 is 0 Å². The second kappa shape index (κ2) is 8.97. The zero-order valence-electron chi connectivity index (χ0n) is 16.7. The molecule has 0 saturated carbocycles. The molecule has 0 amide bonds. The molecule has 6 nitrogen and oxygen atoms in total. The van der Waals surface area contributed by atoms with Gasteiger partial charge in [0.1, 0.15) is 0 Å². The van der Waals surface area contributed by atoms with E-state index < -0.39 is 5.97 Å². The van der Waals surface area contributed by atoms with Crippen molar-refractivity contribution in [1.82, 2.24) is 14.6 Å². The van der Waals surface area contributed by atoms with Gasteiger partial charge in [0.05, 0.1) is 17.8 Å². The number of fused-ring (bicyclic) bond motifs is 1. The largest absolute Gasteiger partial charge is 0.481 e. The van der Waals surface area contributed by atoms with Crippen LogP contribution in [-0.2, 0) is 35.4 Å². The highest BCUT2D eigenvalue weighted by molar-refractivity contribution is 5.84. The first-order chi connectivity index (χ1) is 13.6. The van der Waals surface area contributed by atoms with Gasteiger partial charge in [-0.2, -0.15) is 5.10 Å². The van der Waals surface area contributed by atoms with Gasteiger partial charge in [0, 0.05) is 42.7 Å². The monoisotopic (exact) mass is 381 g/mol. The number of hydrogen-bond donors (Lipinski definition) is 1. The third kappa shape index (κ3) is 4.07. The van der Waals surface area contributed by atoms with Gasteiger partial charge < -0.3 is 9.84 Å². The SMILES string of the molecule is CCc1cncc(-c2c(CCCC(=O)O)c(COC)nn3c(CC)ccc23)c1. The number of carbonyl (C=O) groups is 1. The maximum absolute atomic E-state index is 11.0. The molecule has 0 unspecified atom stereocenters. The molecule has 0 atom stereocenters. The molecule has 0 spiro atoms. The Balaban J connectivity index is 2.25. The van der Waals surface area contributed by atoms with Crippen LogP contribution in [0.1, 0.15) is 49.2 Å². The fraction of sp³-hybridized carbons (Fsp3) is 0.409. The number of ether oxygens (including phenoxy) is 1. The summed E-state index contributed by atoms with van der Waals surface area (Å²) in [5.74, 6) is -0.783. The van der Waals surface area contributed by atoms with E-state index in [4.69, 9.17) is 14.9 Å². The average Bonchev–Trinajstić information content (AvgIpc) is 3.10. The van der Waals surface area contributed by atoms with E-state index in [0.29, 0.717) is 19.4 Å². The summed E-state index contributed by atoms with van der Waals surface area (Å²) in [5.41, 5.74) is 7.33. The van der Waals surface area contributed by atoms with Crippen LogP contribution in [0.15, 0.2) is 30.6 Å². The van der Waals surface area contributed by atoms with Crippen molar-refractivity contribution in [3.05, 3.63) is 53.1 Å². The molecule has 1 N–H and O–H groups in total. The normalized spacial score (nSPS) is 11.2. The lowest BCUT2D eigenvalue weighted by molar-refractivity contribution is -0.137. The molecule has 0 radical (unpaired) electrons. The van der Waals surface area contributed by atoms with Crippen molar-refractivity contribution < 1.29 is 14.6 Å². The smallest absolute Gasteiger partial charge is 0.303 e. The molecule has 0 aliphatic carbocycles. The summed E-state index contributed by atoms with van der Waals surface area (Å²) < 4.78 is 7.41. The third-order valence-electron chi connectivity index (χ3n) is 5.01. The summed E-state index contributed by atoms with van der Waals surface area (Å²) in [5, 5.41) is 13.9. The van der Waals surface area contributed by atoms with Crippen LogP contribution in [0.4, 0.5) is 0 Å². The molecule has 6 heteroatoms. The minimum Gasteiger partial charge on any atom is -0.481 e. The first-order valence-corrected chi connectivity index (χ1v) is 9.76. The molecule has 3 rings (SSSR count). The molecule has 0 fully saturated rings. The van der Waals surface area contributed by atoms with Crippen molar-refractivity contribution >= 4 is 11.5 Å². The van der Waals surface area contributed by atoms with Gasteiger partial charge in [-0.05, 0) is 55.0 Å². The molecular weight excluding hydrogens is 354 g/mol. The van der Waals surface area contributed by atoms with E-state index in [1.165, 1.54) is 5.56 Å². The second-order valence-electron chi connectivity index (χ2n) is 6.89. The Kier molecular flexibility index (Phi) is 6.41. The molecule has 0 saturated heterocycles. The molecule has 0 bridgehead atoms. The Morgan fingerprint density at radius 1 is 1.21 bits per heavy atom. The maximum atomic E-state index is 11.0. The first-order valence-electron chi connectivity index (χ1n) is 9.76. The van der Waals surface area contributed by atoms with Crippen LogP contribution < -0.4 is 0 Å². The number of aliphatic carboxylic acids is 1. The molecule has 0 aliphatic rings. The summed E-state index contributed by atoms with van der Waals surface area (Å²) >= 11 is 0. The van der Waals surface area contributed by atoms with Gasteiger partial charge in [-0.25, -0.2) is 4.52 Å². The molecule has 3 aromatic heterocycles. The molecular formula is C22H27N3O3.